The Hall–Kier alpha value is -6.23. The standard InChI is InChI=1S/C15H15N3O4.C9H11NO3S.C8H10O.C8H10.C5H13N.C3H7NO/c19-9-18-7-3-5-11(18)14(21)16-8-12(20)15-17-10-4-1-2-6-13(10)22-15;1-14(13)8-4-2-7(3-5-8)6-10-9(11)12;1-9-7-8-5-3-2-4-6-8;1-2-8-6-4-3-5-7-8;1-3-4-5-6-2;1-2-4-3-5/h1-2,4,6,9,11H,3,5,7-8H2,(H,16,21);2-5,10H,6H2,1H3,(H,11,12);2-6H,7H2,1H3;3-7H,2H2,1H3;6H,3-5H2,1-2H3;3H,2H2,1H3,(H,4,5). The van der Waals surface area contributed by atoms with E-state index in [-0.39, 0.29) is 24.9 Å². The smallest absolute Gasteiger partial charge is 0.404 e. The molecule has 0 spiro atoms. The predicted octanol–water partition coefficient (Wildman–Crippen LogP) is 6.78. The second kappa shape index (κ2) is 35.3. The summed E-state index contributed by atoms with van der Waals surface area (Å²) in [7, 11) is 2.70. The van der Waals surface area contributed by atoms with Crippen LogP contribution < -0.4 is 21.3 Å². The van der Waals surface area contributed by atoms with E-state index in [1.807, 2.05) is 50.4 Å². The lowest BCUT2D eigenvalue weighted by Crippen LogP contribution is -2.44. The summed E-state index contributed by atoms with van der Waals surface area (Å²) >= 11 is 0. The van der Waals surface area contributed by atoms with E-state index >= 15 is 0 Å². The van der Waals surface area contributed by atoms with Gasteiger partial charge in [-0.1, -0.05) is 105 Å². The Morgan fingerprint density at radius 2 is 1.50 bits per heavy atom. The Morgan fingerprint density at radius 3 is 1.97 bits per heavy atom. The number of aryl methyl sites for hydroxylation is 1. The van der Waals surface area contributed by atoms with Crippen molar-refractivity contribution in [2.24, 2.45) is 0 Å². The lowest BCUT2D eigenvalue weighted by Gasteiger charge is -2.18. The van der Waals surface area contributed by atoms with Crippen LogP contribution >= 0.6 is 0 Å². The summed E-state index contributed by atoms with van der Waals surface area (Å²) in [6.07, 6.45) is 7.04. The molecule has 1 fully saturated rings. The fraction of sp³-hybridized carbons (Fsp3) is 0.375. The Kier molecular flexibility index (Phi) is 30.7. The van der Waals surface area contributed by atoms with Crippen molar-refractivity contribution in [3.05, 3.63) is 132 Å². The number of likely N-dealkylation sites (tertiary alicyclic amines) is 1. The molecule has 4 aromatic carbocycles. The first kappa shape index (κ1) is 55.8. The third-order valence-corrected chi connectivity index (χ3v) is 9.80. The zero-order valence-corrected chi connectivity index (χ0v) is 38.7. The van der Waals surface area contributed by atoms with E-state index in [9.17, 15) is 28.2 Å². The number of carbonyl (C=O) groups excluding carboxylic acids is 4. The number of para-hydroxylation sites is 2. The minimum atomic E-state index is -1.05. The summed E-state index contributed by atoms with van der Waals surface area (Å²) < 4.78 is 21.3. The average molecular weight is 903 g/mol. The van der Waals surface area contributed by atoms with Gasteiger partial charge in [-0.2, -0.15) is 0 Å². The van der Waals surface area contributed by atoms with E-state index in [2.05, 4.69) is 64.4 Å². The number of Topliss-reactive ketones (excluding diaryl/α,β-unsaturated/α-hetero) is 1. The van der Waals surface area contributed by atoms with Gasteiger partial charge in [0.1, 0.15) is 11.6 Å². The molecule has 0 saturated carbocycles. The number of nitrogens with zero attached hydrogens (tertiary/aromatic N) is 2. The van der Waals surface area contributed by atoms with Crippen LogP contribution in [0.4, 0.5) is 4.79 Å². The number of aromatic nitrogens is 1. The molecule has 2 heterocycles. The number of unbranched alkanes of at least 4 members (excludes halogenated alkanes) is 1. The molecule has 16 heteroatoms. The number of methoxy groups -OCH3 is 1. The number of hydrogen-bond acceptors (Lipinski definition) is 10. The molecule has 15 nitrogen and oxygen atoms in total. The second-order valence-corrected chi connectivity index (χ2v) is 15.2. The van der Waals surface area contributed by atoms with Crippen LogP contribution in [-0.2, 0) is 49.5 Å². The van der Waals surface area contributed by atoms with E-state index in [1.165, 1.54) is 28.9 Å². The Bertz CT molecular complexity index is 2010. The molecule has 2 unspecified atom stereocenters. The normalized spacial score (nSPS) is 12.5. The minimum Gasteiger partial charge on any atom is -0.465 e. The van der Waals surface area contributed by atoms with Crippen LogP contribution in [0.25, 0.3) is 11.1 Å². The number of benzene rings is 4. The molecule has 5 N–H and O–H groups in total. The van der Waals surface area contributed by atoms with Crippen molar-refractivity contribution >= 4 is 52.5 Å². The molecular weight excluding hydrogens is 837 g/mol. The number of amides is 4. The topological polar surface area (TPSA) is 209 Å². The molecule has 4 amide bonds. The van der Waals surface area contributed by atoms with Crippen molar-refractivity contribution in [2.75, 3.05) is 46.6 Å². The lowest BCUT2D eigenvalue weighted by atomic mass is 10.2. The minimum absolute atomic E-state index is 0.0276. The number of carbonyl (C=O) groups is 5. The van der Waals surface area contributed by atoms with Crippen LogP contribution in [0.15, 0.2) is 119 Å². The van der Waals surface area contributed by atoms with Crippen molar-refractivity contribution in [1.29, 1.82) is 0 Å². The van der Waals surface area contributed by atoms with Crippen molar-refractivity contribution in [2.45, 2.75) is 77.0 Å². The van der Waals surface area contributed by atoms with Gasteiger partial charge in [0.15, 0.2) is 5.58 Å². The molecule has 1 aliphatic rings. The molecule has 0 radical (unpaired) electrons. The number of nitrogens with one attached hydrogen (secondary N) is 4. The first-order valence-electron chi connectivity index (χ1n) is 21.1. The monoisotopic (exact) mass is 902 g/mol. The third kappa shape index (κ3) is 24.4. The SMILES string of the molecule is CCCCNC.CCNC=O.CCc1ccccc1.COCc1ccccc1.CS(=O)c1ccc(CNC(=O)O)cc1.O=CN1CCCC1C(=O)NCC(=O)c1nc2ccccc2o1. The fourth-order valence-corrected chi connectivity index (χ4v) is 5.94. The predicted molar refractivity (Wildman–Crippen MR) is 252 cm³/mol. The van der Waals surface area contributed by atoms with E-state index in [4.69, 9.17) is 14.3 Å². The van der Waals surface area contributed by atoms with Crippen LogP contribution in [0, 0.1) is 0 Å². The molecule has 348 valence electrons. The number of rotatable bonds is 16. The highest BCUT2D eigenvalue weighted by Crippen LogP contribution is 2.16. The first-order valence-corrected chi connectivity index (χ1v) is 22.7. The summed E-state index contributed by atoms with van der Waals surface area (Å²) in [5, 5.41) is 18.7. The van der Waals surface area contributed by atoms with Crippen LogP contribution in [-0.4, -0.2) is 102 Å². The number of hydrogen-bond donors (Lipinski definition) is 5. The van der Waals surface area contributed by atoms with Crippen LogP contribution in [0.5, 0.6) is 0 Å². The van der Waals surface area contributed by atoms with Crippen molar-refractivity contribution < 1.29 is 42.4 Å². The Morgan fingerprint density at radius 1 is 0.875 bits per heavy atom. The van der Waals surface area contributed by atoms with E-state index in [0.717, 1.165) is 36.4 Å². The van der Waals surface area contributed by atoms with E-state index < -0.39 is 28.7 Å². The van der Waals surface area contributed by atoms with Gasteiger partial charge in [-0.3, -0.25) is 23.4 Å². The molecule has 1 aromatic heterocycles. The molecule has 0 aliphatic carbocycles. The highest BCUT2D eigenvalue weighted by Gasteiger charge is 2.30. The highest BCUT2D eigenvalue weighted by molar-refractivity contribution is 7.84. The van der Waals surface area contributed by atoms with Crippen molar-refractivity contribution in [1.82, 2.24) is 31.2 Å². The summed E-state index contributed by atoms with van der Waals surface area (Å²) in [4.78, 5) is 60.6. The number of ketones is 1. The van der Waals surface area contributed by atoms with Crippen molar-refractivity contribution in [3.8, 4) is 0 Å². The van der Waals surface area contributed by atoms with Crippen LogP contribution in [0.2, 0.25) is 0 Å². The zero-order valence-electron chi connectivity index (χ0n) is 37.9. The van der Waals surface area contributed by atoms with Gasteiger partial charge in [0, 0.05) is 48.7 Å². The maximum absolute atomic E-state index is 12.0. The Balaban J connectivity index is 0.000000420. The number of oxazole rings is 1. The van der Waals surface area contributed by atoms with Gasteiger partial charge in [0.25, 0.3) is 5.89 Å². The lowest BCUT2D eigenvalue weighted by molar-refractivity contribution is -0.130. The number of fused-ring (bicyclic) bond motifs is 1. The molecule has 0 bridgehead atoms. The van der Waals surface area contributed by atoms with Crippen molar-refractivity contribution in [3.63, 3.8) is 0 Å². The summed E-state index contributed by atoms with van der Waals surface area (Å²) in [6, 6.07) is 34.1. The molecule has 5 aromatic rings. The summed E-state index contributed by atoms with van der Waals surface area (Å²) in [5.74, 6) is -0.755. The van der Waals surface area contributed by atoms with Gasteiger partial charge in [0.05, 0.1) is 13.2 Å². The quantitative estimate of drug-likeness (QED) is 0.0396. The van der Waals surface area contributed by atoms with Gasteiger partial charge < -0.3 is 40.4 Å². The van der Waals surface area contributed by atoms with Crippen LogP contribution in [0.3, 0.4) is 0 Å². The van der Waals surface area contributed by atoms with Gasteiger partial charge in [-0.25, -0.2) is 9.78 Å². The molecule has 2 atom stereocenters. The van der Waals surface area contributed by atoms with Gasteiger partial charge in [0.2, 0.25) is 24.5 Å². The maximum Gasteiger partial charge on any atom is 0.404 e. The first-order chi connectivity index (χ1) is 31.0. The number of ether oxygens (including phenoxy) is 1. The summed E-state index contributed by atoms with van der Waals surface area (Å²) in [5.41, 5.74) is 4.61. The van der Waals surface area contributed by atoms with E-state index in [0.29, 0.717) is 43.5 Å². The Labute approximate surface area is 380 Å². The fourth-order valence-electron chi connectivity index (χ4n) is 5.42. The molecule has 1 aliphatic heterocycles. The highest BCUT2D eigenvalue weighted by atomic mass is 32.2. The second-order valence-electron chi connectivity index (χ2n) is 13.8. The van der Waals surface area contributed by atoms with Gasteiger partial charge in [-0.05, 0) is 87.2 Å². The molecule has 6 rings (SSSR count). The molecule has 1 saturated heterocycles. The molecule has 64 heavy (non-hydrogen) atoms. The van der Waals surface area contributed by atoms with Gasteiger partial charge in [-0.15, -0.1) is 0 Å². The maximum atomic E-state index is 12.0. The van der Waals surface area contributed by atoms with E-state index in [1.54, 1.807) is 61.9 Å². The summed E-state index contributed by atoms with van der Waals surface area (Å²) in [6.45, 7) is 9.46. The van der Waals surface area contributed by atoms with Gasteiger partial charge >= 0.3 is 6.09 Å². The average Bonchev–Trinajstić information content (AvgIpc) is 4.00. The molecular formula is C48H66N6O9S. The third-order valence-electron chi connectivity index (χ3n) is 8.86. The zero-order chi connectivity index (χ0) is 47.4. The number of carboxylic acid groups (broad SMARTS) is 1. The van der Waals surface area contributed by atoms with Crippen LogP contribution in [0.1, 0.15) is 73.8 Å². The largest absolute Gasteiger partial charge is 0.465 e.